The molecule has 1 aromatic carbocycles. The molecule has 0 spiro atoms. The summed E-state index contributed by atoms with van der Waals surface area (Å²) in [4.78, 5) is 25.3. The smallest absolute Gasteiger partial charge is 0.266 e. The fraction of sp³-hybridized carbons (Fsp3) is 0.368. The highest BCUT2D eigenvalue weighted by Crippen LogP contribution is 2.34. The number of nitrogens with one attached hydrogen (secondary N) is 2. The number of thiophene rings is 1. The number of fused-ring (bicyclic) bond motifs is 1. The molecule has 2 N–H and O–H groups in total. The van der Waals surface area contributed by atoms with Gasteiger partial charge in [-0.25, -0.2) is 0 Å². The molecule has 1 aliphatic rings. The first kappa shape index (κ1) is 18.3. The van der Waals surface area contributed by atoms with Crippen molar-refractivity contribution in [3.8, 4) is 11.5 Å². The van der Waals surface area contributed by atoms with Crippen LogP contribution in [-0.2, 0) is 4.79 Å². The van der Waals surface area contributed by atoms with Crippen LogP contribution in [-0.4, -0.2) is 25.0 Å². The normalized spacial score (nSPS) is 13.2. The van der Waals surface area contributed by atoms with Crippen LogP contribution in [0.3, 0.4) is 0 Å². The van der Waals surface area contributed by atoms with E-state index in [2.05, 4.69) is 10.6 Å². The largest absolute Gasteiger partial charge is 0.486 e. The van der Waals surface area contributed by atoms with Gasteiger partial charge in [0.25, 0.3) is 5.91 Å². The van der Waals surface area contributed by atoms with Crippen LogP contribution in [0.1, 0.15) is 36.0 Å². The number of hydrogen-bond donors (Lipinski definition) is 2. The Morgan fingerprint density at radius 3 is 2.42 bits per heavy atom. The molecule has 6 nitrogen and oxygen atoms in total. The highest BCUT2D eigenvalue weighted by atomic mass is 32.1. The van der Waals surface area contributed by atoms with Crippen molar-refractivity contribution in [2.24, 2.45) is 5.41 Å². The molecule has 0 saturated heterocycles. The number of amides is 2. The topological polar surface area (TPSA) is 76.7 Å². The molecule has 1 aliphatic heterocycles. The van der Waals surface area contributed by atoms with Crippen molar-refractivity contribution in [1.82, 2.24) is 0 Å². The molecule has 0 unspecified atom stereocenters. The van der Waals surface area contributed by atoms with E-state index in [4.69, 9.17) is 9.47 Å². The Morgan fingerprint density at radius 1 is 1.04 bits per heavy atom. The SMILES string of the molecule is Cc1cc(NC(=O)C(C)(C)C)sc1C(=O)Nc1ccc2c(c1)OCCO2. The monoisotopic (exact) mass is 374 g/mol. The van der Waals surface area contributed by atoms with Gasteiger partial charge in [-0.1, -0.05) is 20.8 Å². The molecule has 2 heterocycles. The lowest BCUT2D eigenvalue weighted by molar-refractivity contribution is -0.123. The van der Waals surface area contributed by atoms with Crippen LogP contribution >= 0.6 is 11.3 Å². The van der Waals surface area contributed by atoms with E-state index in [1.807, 2.05) is 33.8 Å². The summed E-state index contributed by atoms with van der Waals surface area (Å²) in [6.07, 6.45) is 0. The zero-order valence-electron chi connectivity index (χ0n) is 15.3. The highest BCUT2D eigenvalue weighted by molar-refractivity contribution is 7.18. The molecule has 0 aliphatic carbocycles. The average molecular weight is 374 g/mol. The van der Waals surface area contributed by atoms with Crippen molar-refractivity contribution < 1.29 is 19.1 Å². The van der Waals surface area contributed by atoms with Gasteiger partial charge in [-0.05, 0) is 30.7 Å². The van der Waals surface area contributed by atoms with Crippen molar-refractivity contribution in [1.29, 1.82) is 0 Å². The van der Waals surface area contributed by atoms with Crippen LogP contribution in [0.15, 0.2) is 24.3 Å². The van der Waals surface area contributed by atoms with Crippen LogP contribution in [0.5, 0.6) is 11.5 Å². The summed E-state index contributed by atoms with van der Waals surface area (Å²) < 4.78 is 11.0. The van der Waals surface area contributed by atoms with Crippen LogP contribution in [0.4, 0.5) is 10.7 Å². The van der Waals surface area contributed by atoms with Crippen molar-refractivity contribution in [3.63, 3.8) is 0 Å². The summed E-state index contributed by atoms with van der Waals surface area (Å²) in [5.41, 5.74) is 0.951. The van der Waals surface area contributed by atoms with Crippen molar-refractivity contribution in [2.45, 2.75) is 27.7 Å². The Morgan fingerprint density at radius 2 is 1.73 bits per heavy atom. The highest BCUT2D eigenvalue weighted by Gasteiger charge is 2.23. The Balaban J connectivity index is 1.73. The standard InChI is InChI=1S/C19H22N2O4S/c1-11-9-15(21-18(23)19(2,3)4)26-16(11)17(22)20-12-5-6-13-14(10-12)25-8-7-24-13/h5-6,9-10H,7-8H2,1-4H3,(H,20,22)(H,21,23). The average Bonchev–Trinajstić information content (AvgIpc) is 2.94. The first-order chi connectivity index (χ1) is 12.2. The van der Waals surface area contributed by atoms with Crippen LogP contribution in [0.25, 0.3) is 0 Å². The minimum absolute atomic E-state index is 0.0856. The van der Waals surface area contributed by atoms with E-state index < -0.39 is 5.41 Å². The third-order valence-electron chi connectivity index (χ3n) is 3.84. The van der Waals surface area contributed by atoms with Gasteiger partial charge < -0.3 is 20.1 Å². The van der Waals surface area contributed by atoms with Gasteiger partial charge in [-0.3, -0.25) is 9.59 Å². The predicted molar refractivity (Wildman–Crippen MR) is 103 cm³/mol. The summed E-state index contributed by atoms with van der Waals surface area (Å²) in [5, 5.41) is 6.40. The lowest BCUT2D eigenvalue weighted by atomic mass is 9.96. The van der Waals surface area contributed by atoms with Gasteiger partial charge >= 0.3 is 0 Å². The zero-order chi connectivity index (χ0) is 18.9. The van der Waals surface area contributed by atoms with E-state index >= 15 is 0 Å². The lowest BCUT2D eigenvalue weighted by Gasteiger charge is -2.19. The third kappa shape index (κ3) is 3.99. The summed E-state index contributed by atoms with van der Waals surface area (Å²) in [6, 6.07) is 7.11. The molecule has 0 radical (unpaired) electrons. The van der Waals surface area contributed by atoms with Gasteiger partial charge in [0.2, 0.25) is 5.91 Å². The molecule has 0 atom stereocenters. The van der Waals surface area contributed by atoms with E-state index in [1.165, 1.54) is 11.3 Å². The second-order valence-electron chi connectivity index (χ2n) is 7.14. The van der Waals surface area contributed by atoms with Crippen LogP contribution in [0, 0.1) is 12.3 Å². The maximum atomic E-state index is 12.6. The Labute approximate surface area is 156 Å². The van der Waals surface area contributed by atoms with Crippen LogP contribution in [0.2, 0.25) is 0 Å². The van der Waals surface area contributed by atoms with Gasteiger partial charge in [-0.2, -0.15) is 0 Å². The number of aryl methyl sites for hydroxylation is 1. The van der Waals surface area contributed by atoms with E-state index in [-0.39, 0.29) is 11.8 Å². The maximum absolute atomic E-state index is 12.6. The molecule has 2 amide bonds. The lowest BCUT2D eigenvalue weighted by Crippen LogP contribution is -2.27. The quantitative estimate of drug-likeness (QED) is 0.849. The van der Waals surface area contributed by atoms with Gasteiger partial charge in [0.15, 0.2) is 11.5 Å². The summed E-state index contributed by atoms with van der Waals surface area (Å²) in [7, 11) is 0. The zero-order valence-corrected chi connectivity index (χ0v) is 16.1. The molecule has 1 aromatic heterocycles. The van der Waals surface area contributed by atoms with Gasteiger partial charge in [0, 0.05) is 17.2 Å². The van der Waals surface area contributed by atoms with Crippen molar-refractivity contribution >= 4 is 33.8 Å². The van der Waals surface area contributed by atoms with Crippen molar-refractivity contribution in [3.05, 3.63) is 34.7 Å². The minimum atomic E-state index is -0.495. The molecule has 2 aromatic rings. The van der Waals surface area contributed by atoms with E-state index in [0.29, 0.717) is 40.3 Å². The summed E-state index contributed by atoms with van der Waals surface area (Å²) in [5.74, 6) is 0.988. The molecule has 0 bridgehead atoms. The molecular formula is C19H22N2O4S. The molecule has 0 saturated carbocycles. The number of hydrogen-bond acceptors (Lipinski definition) is 5. The number of anilines is 2. The fourth-order valence-electron chi connectivity index (χ4n) is 2.38. The van der Waals surface area contributed by atoms with Gasteiger partial charge in [0.05, 0.1) is 9.88 Å². The summed E-state index contributed by atoms with van der Waals surface area (Å²) >= 11 is 1.26. The van der Waals surface area contributed by atoms with E-state index in [9.17, 15) is 9.59 Å². The molecule has 26 heavy (non-hydrogen) atoms. The van der Waals surface area contributed by atoms with E-state index in [0.717, 1.165) is 5.56 Å². The molecule has 138 valence electrons. The molecule has 0 fully saturated rings. The Kier molecular flexibility index (Phi) is 4.91. The van der Waals surface area contributed by atoms with Gasteiger partial charge in [-0.15, -0.1) is 11.3 Å². The number of rotatable bonds is 3. The Bertz CT molecular complexity index is 852. The third-order valence-corrected chi connectivity index (χ3v) is 4.99. The number of carbonyl (C=O) groups excluding carboxylic acids is 2. The summed E-state index contributed by atoms with van der Waals surface area (Å²) in [6.45, 7) is 8.40. The van der Waals surface area contributed by atoms with E-state index in [1.54, 1.807) is 18.2 Å². The molecule has 3 rings (SSSR count). The fourth-order valence-corrected chi connectivity index (χ4v) is 3.34. The minimum Gasteiger partial charge on any atom is -0.486 e. The number of benzene rings is 1. The number of carbonyl (C=O) groups is 2. The number of ether oxygens (including phenoxy) is 2. The first-order valence-electron chi connectivity index (χ1n) is 8.37. The van der Waals surface area contributed by atoms with Gasteiger partial charge in [0.1, 0.15) is 13.2 Å². The Hall–Kier alpha value is -2.54. The van der Waals surface area contributed by atoms with Crippen LogP contribution < -0.4 is 20.1 Å². The second kappa shape index (κ2) is 6.99. The van der Waals surface area contributed by atoms with Crippen molar-refractivity contribution in [2.75, 3.05) is 23.8 Å². The molecule has 7 heteroatoms. The first-order valence-corrected chi connectivity index (χ1v) is 9.18. The molecular weight excluding hydrogens is 352 g/mol. The second-order valence-corrected chi connectivity index (χ2v) is 8.19. The maximum Gasteiger partial charge on any atom is 0.266 e. The predicted octanol–water partition coefficient (Wildman–Crippen LogP) is 4.06.